The highest BCUT2D eigenvalue weighted by Gasteiger charge is 2.13. The monoisotopic (exact) mass is 245 g/mol. The van der Waals surface area contributed by atoms with Gasteiger partial charge in [-0.3, -0.25) is 4.79 Å². The van der Waals surface area contributed by atoms with Crippen LogP contribution < -0.4 is 5.32 Å². The molecule has 0 bridgehead atoms. The molecule has 0 unspecified atom stereocenters. The summed E-state index contributed by atoms with van der Waals surface area (Å²) in [6.07, 6.45) is 0. The van der Waals surface area contributed by atoms with Crippen LogP contribution in [-0.4, -0.2) is 11.0 Å². The van der Waals surface area contributed by atoms with E-state index in [1.165, 1.54) is 18.2 Å². The number of phenolic OH excluding ortho intramolecular Hbond substituents is 1. The molecule has 0 fully saturated rings. The van der Waals surface area contributed by atoms with Crippen molar-refractivity contribution in [2.75, 3.05) is 5.32 Å². The second-order valence-electron chi connectivity index (χ2n) is 3.95. The predicted molar refractivity (Wildman–Crippen MR) is 67.2 cm³/mol. The highest BCUT2D eigenvalue weighted by atomic mass is 19.1. The van der Waals surface area contributed by atoms with E-state index < -0.39 is 11.7 Å². The molecule has 92 valence electrons. The van der Waals surface area contributed by atoms with Gasteiger partial charge in [-0.2, -0.15) is 0 Å². The van der Waals surface area contributed by atoms with Gasteiger partial charge in [0.15, 0.2) is 0 Å². The summed E-state index contributed by atoms with van der Waals surface area (Å²) in [5, 5.41) is 12.0. The molecule has 0 heterocycles. The Kier molecular flexibility index (Phi) is 3.28. The van der Waals surface area contributed by atoms with Crippen LogP contribution in [0.2, 0.25) is 0 Å². The number of hydrogen-bond donors (Lipinski definition) is 2. The molecule has 0 aliphatic heterocycles. The van der Waals surface area contributed by atoms with E-state index in [-0.39, 0.29) is 17.0 Å². The Bertz CT molecular complexity index is 596. The number of aryl methyl sites for hydroxylation is 1. The van der Waals surface area contributed by atoms with Crippen LogP contribution in [-0.2, 0) is 0 Å². The third kappa shape index (κ3) is 2.48. The summed E-state index contributed by atoms with van der Waals surface area (Å²) in [5.41, 5.74) is 0.943. The molecular formula is C14H12FNO2. The number of para-hydroxylation sites is 2. The zero-order valence-electron chi connectivity index (χ0n) is 9.77. The Labute approximate surface area is 104 Å². The number of anilines is 1. The van der Waals surface area contributed by atoms with Crippen molar-refractivity contribution in [3.05, 3.63) is 59.4 Å². The Balaban J connectivity index is 2.25. The van der Waals surface area contributed by atoms with Crippen LogP contribution in [0.15, 0.2) is 42.5 Å². The molecule has 4 heteroatoms. The normalized spacial score (nSPS) is 10.1. The Morgan fingerprint density at radius 1 is 1.22 bits per heavy atom. The fourth-order valence-corrected chi connectivity index (χ4v) is 1.57. The maximum Gasteiger partial charge on any atom is 0.258 e. The quantitative estimate of drug-likeness (QED) is 0.799. The van der Waals surface area contributed by atoms with Crippen LogP contribution in [0.4, 0.5) is 10.1 Å². The van der Waals surface area contributed by atoms with E-state index in [1.807, 2.05) is 0 Å². The third-order valence-corrected chi connectivity index (χ3v) is 2.52. The van der Waals surface area contributed by atoms with Crippen molar-refractivity contribution in [2.24, 2.45) is 0 Å². The SMILES string of the molecule is Cc1ccc(C(=O)Nc2ccccc2O)c(F)c1. The van der Waals surface area contributed by atoms with Gasteiger partial charge in [0.2, 0.25) is 0 Å². The summed E-state index contributed by atoms with van der Waals surface area (Å²) < 4.78 is 13.6. The molecule has 0 saturated carbocycles. The molecule has 2 aromatic rings. The average molecular weight is 245 g/mol. The first-order valence-electron chi connectivity index (χ1n) is 5.43. The minimum absolute atomic E-state index is 0.0520. The van der Waals surface area contributed by atoms with Crippen LogP contribution in [0.25, 0.3) is 0 Å². The standard InChI is InChI=1S/C14H12FNO2/c1-9-6-7-10(11(15)8-9)14(18)16-12-4-2-3-5-13(12)17/h2-8,17H,1H3,(H,16,18). The fraction of sp³-hybridized carbons (Fsp3) is 0.0714. The van der Waals surface area contributed by atoms with E-state index >= 15 is 0 Å². The van der Waals surface area contributed by atoms with E-state index in [2.05, 4.69) is 5.32 Å². The van der Waals surface area contributed by atoms with Crippen molar-refractivity contribution in [3.63, 3.8) is 0 Å². The number of aromatic hydroxyl groups is 1. The van der Waals surface area contributed by atoms with Gasteiger partial charge >= 0.3 is 0 Å². The van der Waals surface area contributed by atoms with E-state index in [9.17, 15) is 14.3 Å². The molecule has 2 aromatic carbocycles. The summed E-state index contributed by atoms with van der Waals surface area (Å²) in [5.74, 6) is -1.23. The highest BCUT2D eigenvalue weighted by Crippen LogP contribution is 2.22. The van der Waals surface area contributed by atoms with Gasteiger partial charge in [0.1, 0.15) is 11.6 Å². The summed E-state index contributed by atoms with van der Waals surface area (Å²) in [4.78, 5) is 11.8. The number of amides is 1. The highest BCUT2D eigenvalue weighted by molar-refractivity contribution is 6.05. The first-order chi connectivity index (χ1) is 8.58. The van der Waals surface area contributed by atoms with Crippen LogP contribution in [0.5, 0.6) is 5.75 Å². The minimum Gasteiger partial charge on any atom is -0.506 e. The predicted octanol–water partition coefficient (Wildman–Crippen LogP) is 3.09. The van der Waals surface area contributed by atoms with Gasteiger partial charge < -0.3 is 10.4 Å². The summed E-state index contributed by atoms with van der Waals surface area (Å²) >= 11 is 0. The van der Waals surface area contributed by atoms with Gasteiger partial charge in [-0.15, -0.1) is 0 Å². The molecule has 0 aliphatic rings. The van der Waals surface area contributed by atoms with Crippen molar-refractivity contribution in [2.45, 2.75) is 6.92 Å². The summed E-state index contributed by atoms with van der Waals surface area (Å²) in [6.45, 7) is 1.74. The minimum atomic E-state index is -0.589. The second kappa shape index (κ2) is 4.87. The zero-order valence-corrected chi connectivity index (χ0v) is 9.77. The first kappa shape index (κ1) is 12.1. The number of halogens is 1. The maximum atomic E-state index is 13.6. The summed E-state index contributed by atoms with van der Waals surface area (Å²) in [7, 11) is 0. The lowest BCUT2D eigenvalue weighted by atomic mass is 10.1. The molecule has 0 radical (unpaired) electrons. The van der Waals surface area contributed by atoms with Gasteiger partial charge in [0.05, 0.1) is 11.3 Å². The molecule has 1 amide bonds. The molecule has 3 nitrogen and oxygen atoms in total. The zero-order chi connectivity index (χ0) is 13.1. The van der Waals surface area contributed by atoms with Crippen molar-refractivity contribution in [3.8, 4) is 5.75 Å². The fourth-order valence-electron chi connectivity index (χ4n) is 1.57. The van der Waals surface area contributed by atoms with Gasteiger partial charge in [0, 0.05) is 0 Å². The van der Waals surface area contributed by atoms with E-state index in [0.29, 0.717) is 0 Å². The smallest absolute Gasteiger partial charge is 0.258 e. The maximum absolute atomic E-state index is 13.6. The molecule has 2 N–H and O–H groups in total. The van der Waals surface area contributed by atoms with Gasteiger partial charge in [-0.25, -0.2) is 4.39 Å². The number of hydrogen-bond acceptors (Lipinski definition) is 2. The van der Waals surface area contributed by atoms with Crippen LogP contribution >= 0.6 is 0 Å². The van der Waals surface area contributed by atoms with Crippen LogP contribution in [0, 0.1) is 12.7 Å². The molecule has 0 atom stereocenters. The number of carbonyl (C=O) groups is 1. The van der Waals surface area contributed by atoms with Gasteiger partial charge in [-0.1, -0.05) is 18.2 Å². The third-order valence-electron chi connectivity index (χ3n) is 2.52. The molecule has 18 heavy (non-hydrogen) atoms. The molecule has 0 aromatic heterocycles. The van der Waals surface area contributed by atoms with E-state index in [4.69, 9.17) is 0 Å². The largest absolute Gasteiger partial charge is 0.506 e. The van der Waals surface area contributed by atoms with Gasteiger partial charge in [0.25, 0.3) is 5.91 Å². The van der Waals surface area contributed by atoms with E-state index in [1.54, 1.807) is 31.2 Å². The lowest BCUT2D eigenvalue weighted by molar-refractivity contribution is 0.102. The Hall–Kier alpha value is -2.36. The molecule has 2 rings (SSSR count). The molecule has 0 spiro atoms. The van der Waals surface area contributed by atoms with Crippen molar-refractivity contribution in [1.82, 2.24) is 0 Å². The lowest BCUT2D eigenvalue weighted by Gasteiger charge is -2.08. The number of rotatable bonds is 2. The Morgan fingerprint density at radius 3 is 2.61 bits per heavy atom. The molecule has 0 saturated heterocycles. The summed E-state index contributed by atoms with van der Waals surface area (Å²) in [6, 6.07) is 10.7. The number of nitrogens with one attached hydrogen (secondary N) is 1. The van der Waals surface area contributed by atoms with E-state index in [0.717, 1.165) is 5.56 Å². The van der Waals surface area contributed by atoms with Crippen molar-refractivity contribution < 1.29 is 14.3 Å². The second-order valence-corrected chi connectivity index (χ2v) is 3.95. The lowest BCUT2D eigenvalue weighted by Crippen LogP contribution is -2.13. The number of benzene rings is 2. The molecular weight excluding hydrogens is 233 g/mol. The van der Waals surface area contributed by atoms with Crippen LogP contribution in [0.3, 0.4) is 0 Å². The topological polar surface area (TPSA) is 49.3 Å². The van der Waals surface area contributed by atoms with Crippen molar-refractivity contribution in [1.29, 1.82) is 0 Å². The van der Waals surface area contributed by atoms with Gasteiger partial charge in [-0.05, 0) is 36.8 Å². The number of phenols is 1. The average Bonchev–Trinajstić information content (AvgIpc) is 2.32. The number of carbonyl (C=O) groups excluding carboxylic acids is 1. The molecule has 0 aliphatic carbocycles. The first-order valence-corrected chi connectivity index (χ1v) is 5.43. The Morgan fingerprint density at radius 2 is 1.94 bits per heavy atom. The van der Waals surface area contributed by atoms with Crippen LogP contribution in [0.1, 0.15) is 15.9 Å². The van der Waals surface area contributed by atoms with Crippen molar-refractivity contribution >= 4 is 11.6 Å².